The molecule has 0 bridgehead atoms. The molecular weight excluding hydrogens is 176 g/mol. The second-order valence-electron chi connectivity index (χ2n) is 3.61. The van der Waals surface area contributed by atoms with Crippen molar-refractivity contribution in [1.82, 2.24) is 0 Å². The molecule has 14 heavy (non-hydrogen) atoms. The lowest BCUT2D eigenvalue weighted by Crippen LogP contribution is -2.24. The van der Waals surface area contributed by atoms with Crippen LogP contribution in [0.4, 0.5) is 0 Å². The maximum absolute atomic E-state index is 11.1. The maximum Gasteiger partial charge on any atom is 0.238 e. The number of amides is 1. The second-order valence-corrected chi connectivity index (χ2v) is 3.61. The summed E-state index contributed by atoms with van der Waals surface area (Å²) in [5, 5.41) is 8.91. The van der Waals surface area contributed by atoms with E-state index in [9.17, 15) is 4.79 Å². The SMILES string of the molecule is N#C[C@@]1(C(N)=O)C[C@H]1c1ccccc1. The zero-order valence-electron chi connectivity index (χ0n) is 7.60. The first kappa shape index (κ1) is 8.76. The summed E-state index contributed by atoms with van der Waals surface area (Å²) in [6.45, 7) is 0. The van der Waals surface area contributed by atoms with Crippen LogP contribution in [0.2, 0.25) is 0 Å². The van der Waals surface area contributed by atoms with Crippen LogP contribution in [-0.4, -0.2) is 5.91 Å². The van der Waals surface area contributed by atoms with Gasteiger partial charge in [0.15, 0.2) is 0 Å². The Morgan fingerprint density at radius 2 is 2.14 bits per heavy atom. The van der Waals surface area contributed by atoms with E-state index in [-0.39, 0.29) is 5.92 Å². The Balaban J connectivity index is 2.28. The van der Waals surface area contributed by atoms with Crippen molar-refractivity contribution < 1.29 is 4.79 Å². The second kappa shape index (κ2) is 2.85. The summed E-state index contributed by atoms with van der Waals surface area (Å²) < 4.78 is 0. The van der Waals surface area contributed by atoms with E-state index in [2.05, 4.69) is 0 Å². The molecule has 3 heteroatoms. The van der Waals surface area contributed by atoms with Gasteiger partial charge in [0.25, 0.3) is 0 Å². The molecule has 0 aliphatic heterocycles. The van der Waals surface area contributed by atoms with E-state index in [0.717, 1.165) is 5.56 Å². The third kappa shape index (κ3) is 1.08. The lowest BCUT2D eigenvalue weighted by Gasteiger charge is -2.02. The molecule has 1 fully saturated rings. The molecule has 0 unspecified atom stereocenters. The number of hydrogen-bond donors (Lipinski definition) is 1. The highest BCUT2D eigenvalue weighted by molar-refractivity contribution is 5.89. The Hall–Kier alpha value is -1.82. The number of carbonyl (C=O) groups excluding carboxylic acids is 1. The van der Waals surface area contributed by atoms with Crippen LogP contribution in [0, 0.1) is 16.7 Å². The molecule has 0 aromatic heterocycles. The number of nitrogens with zero attached hydrogens (tertiary/aromatic N) is 1. The first-order valence-electron chi connectivity index (χ1n) is 4.47. The van der Waals surface area contributed by atoms with Crippen molar-refractivity contribution in [2.75, 3.05) is 0 Å². The van der Waals surface area contributed by atoms with Gasteiger partial charge in [0.05, 0.1) is 6.07 Å². The highest BCUT2D eigenvalue weighted by Crippen LogP contribution is 2.58. The summed E-state index contributed by atoms with van der Waals surface area (Å²) in [4.78, 5) is 11.1. The van der Waals surface area contributed by atoms with Gasteiger partial charge in [-0.05, 0) is 12.0 Å². The lowest BCUT2D eigenvalue weighted by molar-refractivity contribution is -0.121. The standard InChI is InChI=1S/C11H10N2O/c12-7-11(10(13)14)6-9(11)8-4-2-1-3-5-8/h1-5,9H,6H2,(H2,13,14)/t9-,11-/m0/s1. The van der Waals surface area contributed by atoms with Crippen molar-refractivity contribution in [2.45, 2.75) is 12.3 Å². The summed E-state index contributed by atoms with van der Waals surface area (Å²) >= 11 is 0. The van der Waals surface area contributed by atoms with E-state index in [1.807, 2.05) is 36.4 Å². The largest absolute Gasteiger partial charge is 0.368 e. The quantitative estimate of drug-likeness (QED) is 0.753. The average Bonchev–Trinajstić information content (AvgIpc) is 2.95. The zero-order chi connectivity index (χ0) is 10.2. The number of carbonyl (C=O) groups is 1. The van der Waals surface area contributed by atoms with Gasteiger partial charge in [-0.1, -0.05) is 30.3 Å². The van der Waals surface area contributed by atoms with Crippen LogP contribution >= 0.6 is 0 Å². The minimum absolute atomic E-state index is 0.00815. The number of benzene rings is 1. The van der Waals surface area contributed by atoms with Crippen LogP contribution in [0.5, 0.6) is 0 Å². The van der Waals surface area contributed by atoms with Gasteiger partial charge in [-0.15, -0.1) is 0 Å². The van der Waals surface area contributed by atoms with Gasteiger partial charge in [0.2, 0.25) is 5.91 Å². The minimum Gasteiger partial charge on any atom is -0.368 e. The molecule has 1 aromatic rings. The molecule has 0 saturated heterocycles. The summed E-state index contributed by atoms with van der Waals surface area (Å²) in [5.41, 5.74) is 5.29. The van der Waals surface area contributed by atoms with Crippen molar-refractivity contribution in [1.29, 1.82) is 5.26 Å². The summed E-state index contributed by atoms with van der Waals surface area (Å²) in [7, 11) is 0. The van der Waals surface area contributed by atoms with Crippen molar-refractivity contribution in [2.24, 2.45) is 11.1 Å². The van der Waals surface area contributed by atoms with Crippen molar-refractivity contribution >= 4 is 5.91 Å². The third-order valence-corrected chi connectivity index (χ3v) is 2.80. The molecule has 2 N–H and O–H groups in total. The molecule has 70 valence electrons. The fourth-order valence-electron chi connectivity index (χ4n) is 1.80. The first-order chi connectivity index (χ1) is 6.70. The molecule has 2 rings (SSSR count). The van der Waals surface area contributed by atoms with E-state index in [4.69, 9.17) is 11.0 Å². The van der Waals surface area contributed by atoms with Gasteiger partial charge < -0.3 is 5.73 Å². The average molecular weight is 186 g/mol. The van der Waals surface area contributed by atoms with Crippen molar-refractivity contribution in [3.05, 3.63) is 35.9 Å². The van der Waals surface area contributed by atoms with Crippen LogP contribution in [0.1, 0.15) is 17.9 Å². The van der Waals surface area contributed by atoms with E-state index in [1.165, 1.54) is 0 Å². The molecule has 1 aliphatic carbocycles. The summed E-state index contributed by atoms with van der Waals surface area (Å²) in [6, 6.07) is 11.6. The molecule has 0 spiro atoms. The molecule has 2 atom stereocenters. The zero-order valence-corrected chi connectivity index (χ0v) is 7.60. The summed E-state index contributed by atoms with van der Waals surface area (Å²) in [5.74, 6) is -0.514. The van der Waals surface area contributed by atoms with E-state index in [0.29, 0.717) is 6.42 Å². The number of nitriles is 1. The Kier molecular flexibility index (Phi) is 1.78. The topological polar surface area (TPSA) is 66.9 Å². The number of rotatable bonds is 2. The first-order valence-corrected chi connectivity index (χ1v) is 4.47. The van der Waals surface area contributed by atoms with Crippen LogP contribution < -0.4 is 5.73 Å². The van der Waals surface area contributed by atoms with Crippen LogP contribution in [0.3, 0.4) is 0 Å². The van der Waals surface area contributed by atoms with Gasteiger partial charge >= 0.3 is 0 Å². The molecular formula is C11H10N2O. The molecule has 0 heterocycles. The smallest absolute Gasteiger partial charge is 0.238 e. The Morgan fingerprint density at radius 3 is 2.57 bits per heavy atom. The van der Waals surface area contributed by atoms with E-state index in [1.54, 1.807) is 0 Å². The van der Waals surface area contributed by atoms with Crippen LogP contribution in [-0.2, 0) is 4.79 Å². The lowest BCUT2D eigenvalue weighted by atomic mass is 10.0. The molecule has 1 amide bonds. The number of primary amides is 1. The predicted molar refractivity (Wildman–Crippen MR) is 51.0 cm³/mol. The number of hydrogen-bond acceptors (Lipinski definition) is 2. The molecule has 1 aliphatic rings. The normalized spacial score (nSPS) is 29.2. The molecule has 1 saturated carbocycles. The number of nitrogens with two attached hydrogens (primary N) is 1. The Labute approximate surface area is 82.1 Å². The van der Waals surface area contributed by atoms with Crippen LogP contribution in [0.25, 0.3) is 0 Å². The third-order valence-electron chi connectivity index (χ3n) is 2.80. The predicted octanol–water partition coefficient (Wildman–Crippen LogP) is 1.17. The minimum atomic E-state index is -0.943. The fourth-order valence-corrected chi connectivity index (χ4v) is 1.80. The van der Waals surface area contributed by atoms with Gasteiger partial charge in [0.1, 0.15) is 5.41 Å². The monoisotopic (exact) mass is 186 g/mol. The summed E-state index contributed by atoms with van der Waals surface area (Å²) in [6.07, 6.45) is 0.558. The van der Waals surface area contributed by atoms with Crippen LogP contribution in [0.15, 0.2) is 30.3 Å². The Bertz CT molecular complexity index is 407. The van der Waals surface area contributed by atoms with Gasteiger partial charge in [-0.3, -0.25) is 4.79 Å². The molecule has 3 nitrogen and oxygen atoms in total. The highest BCUT2D eigenvalue weighted by Gasteiger charge is 2.60. The van der Waals surface area contributed by atoms with Crippen molar-refractivity contribution in [3.8, 4) is 6.07 Å². The van der Waals surface area contributed by atoms with Gasteiger partial charge in [0, 0.05) is 5.92 Å². The Morgan fingerprint density at radius 1 is 1.50 bits per heavy atom. The van der Waals surface area contributed by atoms with E-state index >= 15 is 0 Å². The van der Waals surface area contributed by atoms with Crippen molar-refractivity contribution in [3.63, 3.8) is 0 Å². The fraction of sp³-hybridized carbons (Fsp3) is 0.273. The van der Waals surface area contributed by atoms with Gasteiger partial charge in [-0.25, -0.2) is 0 Å². The molecule has 0 radical (unpaired) electrons. The highest BCUT2D eigenvalue weighted by atomic mass is 16.1. The maximum atomic E-state index is 11.1. The van der Waals surface area contributed by atoms with E-state index < -0.39 is 11.3 Å². The molecule has 1 aromatic carbocycles. The van der Waals surface area contributed by atoms with Gasteiger partial charge in [-0.2, -0.15) is 5.26 Å².